The maximum atomic E-state index is 12.6. The topological polar surface area (TPSA) is 35.1 Å². The summed E-state index contributed by atoms with van der Waals surface area (Å²) in [5, 5.41) is 0. The van der Waals surface area contributed by atoms with Crippen molar-refractivity contribution in [3.05, 3.63) is 71.1 Å². The van der Waals surface area contributed by atoms with E-state index in [-0.39, 0.29) is 10.7 Å². The van der Waals surface area contributed by atoms with E-state index in [4.69, 9.17) is 16.6 Å². The summed E-state index contributed by atoms with van der Waals surface area (Å²) in [6.07, 6.45) is 1.73. The van der Waals surface area contributed by atoms with Gasteiger partial charge >= 0.3 is 0 Å². The summed E-state index contributed by atoms with van der Waals surface area (Å²) < 4.78 is 6.84. The van der Waals surface area contributed by atoms with Crippen LogP contribution >= 0.6 is 12.2 Å². The fourth-order valence-electron chi connectivity index (χ4n) is 2.05. The monoisotopic (exact) mass is 281 g/mol. The van der Waals surface area contributed by atoms with Crippen molar-refractivity contribution in [2.75, 3.05) is 0 Å². The fourth-order valence-corrected chi connectivity index (χ4v) is 2.32. The van der Waals surface area contributed by atoms with E-state index in [1.165, 1.54) is 4.57 Å². The smallest absolute Gasteiger partial charge is 0.276 e. The lowest BCUT2D eigenvalue weighted by Crippen LogP contribution is -2.11. The Labute approximate surface area is 120 Å². The minimum Gasteiger partial charge on any atom is -0.429 e. The lowest BCUT2D eigenvalue weighted by atomic mass is 10.1. The Hall–Kier alpha value is -2.46. The molecule has 3 nitrogen and oxygen atoms in total. The molecule has 0 fully saturated rings. The maximum absolute atomic E-state index is 12.6. The van der Waals surface area contributed by atoms with Gasteiger partial charge in [-0.05, 0) is 42.0 Å². The van der Waals surface area contributed by atoms with Gasteiger partial charge < -0.3 is 4.42 Å². The first kappa shape index (κ1) is 12.6. The molecule has 0 aliphatic carbocycles. The zero-order valence-corrected chi connectivity index (χ0v) is 11.4. The number of aromatic nitrogens is 1. The molecule has 2 aromatic carbocycles. The molecule has 0 bridgehead atoms. The summed E-state index contributed by atoms with van der Waals surface area (Å²) in [4.78, 5) is 12.7. The van der Waals surface area contributed by atoms with E-state index in [9.17, 15) is 4.79 Å². The first-order valence-corrected chi connectivity index (χ1v) is 6.49. The number of para-hydroxylation sites is 2. The lowest BCUT2D eigenvalue weighted by molar-refractivity contribution is 0.0959. The second kappa shape index (κ2) is 4.90. The first-order chi connectivity index (χ1) is 9.70. The van der Waals surface area contributed by atoms with Crippen LogP contribution in [0.5, 0.6) is 0 Å². The molecule has 3 rings (SSSR count). The molecule has 0 unspecified atom stereocenters. The molecule has 1 aromatic heterocycles. The van der Waals surface area contributed by atoms with Crippen LogP contribution in [0.4, 0.5) is 0 Å². The van der Waals surface area contributed by atoms with Crippen molar-refractivity contribution in [1.29, 1.82) is 0 Å². The first-order valence-electron chi connectivity index (χ1n) is 6.08. The number of oxazole rings is 1. The number of carbonyl (C=O) groups excluding carboxylic acids is 1. The van der Waals surface area contributed by atoms with Crippen LogP contribution in [-0.4, -0.2) is 10.5 Å². The average molecular weight is 281 g/mol. The Morgan fingerprint density at radius 1 is 1.15 bits per heavy atom. The van der Waals surface area contributed by atoms with Gasteiger partial charge in [-0.25, -0.2) is 4.57 Å². The quantitative estimate of drug-likeness (QED) is 0.657. The van der Waals surface area contributed by atoms with Crippen LogP contribution in [0.25, 0.3) is 17.2 Å². The maximum Gasteiger partial charge on any atom is 0.276 e. The second-order valence-corrected chi connectivity index (χ2v) is 4.65. The normalized spacial score (nSPS) is 10.6. The summed E-state index contributed by atoms with van der Waals surface area (Å²) in [5.41, 5.74) is 2.80. The van der Waals surface area contributed by atoms with E-state index in [0.29, 0.717) is 16.7 Å². The highest BCUT2D eigenvalue weighted by Gasteiger charge is 2.15. The van der Waals surface area contributed by atoms with Crippen LogP contribution in [0, 0.1) is 4.84 Å². The number of hydrogen-bond donors (Lipinski definition) is 0. The van der Waals surface area contributed by atoms with Gasteiger partial charge in [-0.1, -0.05) is 36.9 Å². The molecule has 0 saturated heterocycles. The van der Waals surface area contributed by atoms with E-state index in [0.717, 1.165) is 5.56 Å². The summed E-state index contributed by atoms with van der Waals surface area (Å²) in [6, 6.07) is 14.5. The van der Waals surface area contributed by atoms with E-state index in [1.807, 2.05) is 30.3 Å². The molecule has 98 valence electrons. The van der Waals surface area contributed by atoms with Gasteiger partial charge in [0.25, 0.3) is 10.7 Å². The van der Waals surface area contributed by atoms with E-state index < -0.39 is 0 Å². The summed E-state index contributed by atoms with van der Waals surface area (Å²) in [5.74, 6) is -0.199. The Bertz CT molecular complexity index is 856. The summed E-state index contributed by atoms with van der Waals surface area (Å²) in [7, 11) is 0. The van der Waals surface area contributed by atoms with Crippen LogP contribution in [0.3, 0.4) is 0 Å². The Kier molecular flexibility index (Phi) is 3.08. The molecule has 3 aromatic rings. The summed E-state index contributed by atoms with van der Waals surface area (Å²) in [6.45, 7) is 3.69. The lowest BCUT2D eigenvalue weighted by Gasteiger charge is -2.02. The van der Waals surface area contributed by atoms with Gasteiger partial charge in [-0.3, -0.25) is 4.79 Å². The van der Waals surface area contributed by atoms with Crippen molar-refractivity contribution >= 4 is 35.3 Å². The van der Waals surface area contributed by atoms with Crippen LogP contribution in [-0.2, 0) is 0 Å². The van der Waals surface area contributed by atoms with E-state index in [2.05, 4.69) is 6.58 Å². The SMILES string of the molecule is C=Cc1ccc(C(=O)n2c(=S)oc3ccccc32)cc1. The van der Waals surface area contributed by atoms with Crippen LogP contribution in [0.15, 0.2) is 59.5 Å². The van der Waals surface area contributed by atoms with E-state index >= 15 is 0 Å². The zero-order valence-electron chi connectivity index (χ0n) is 10.6. The van der Waals surface area contributed by atoms with E-state index in [1.54, 1.807) is 24.3 Å². The van der Waals surface area contributed by atoms with Gasteiger partial charge in [0.2, 0.25) is 0 Å². The van der Waals surface area contributed by atoms with Gasteiger partial charge in [-0.15, -0.1) is 0 Å². The largest absolute Gasteiger partial charge is 0.429 e. The molecule has 0 aliphatic rings. The van der Waals surface area contributed by atoms with Crippen molar-refractivity contribution in [3.8, 4) is 0 Å². The molecular weight excluding hydrogens is 270 g/mol. The third-order valence-electron chi connectivity index (χ3n) is 3.08. The zero-order chi connectivity index (χ0) is 14.1. The predicted molar refractivity (Wildman–Crippen MR) is 81.3 cm³/mol. The molecule has 0 N–H and O–H groups in total. The molecule has 4 heteroatoms. The second-order valence-electron chi connectivity index (χ2n) is 4.30. The molecular formula is C16H11NO2S. The van der Waals surface area contributed by atoms with Crippen LogP contribution in [0.2, 0.25) is 0 Å². The Morgan fingerprint density at radius 3 is 2.55 bits per heavy atom. The van der Waals surface area contributed by atoms with Crippen molar-refractivity contribution < 1.29 is 9.21 Å². The minimum atomic E-state index is -0.199. The average Bonchev–Trinajstić information content (AvgIpc) is 2.82. The molecule has 0 atom stereocenters. The van der Waals surface area contributed by atoms with Gasteiger partial charge in [0, 0.05) is 5.56 Å². The molecule has 0 radical (unpaired) electrons. The predicted octanol–water partition coefficient (Wildman–Crippen LogP) is 4.30. The van der Waals surface area contributed by atoms with Crippen molar-refractivity contribution in [3.63, 3.8) is 0 Å². The molecule has 0 saturated carbocycles. The van der Waals surface area contributed by atoms with Gasteiger partial charge in [-0.2, -0.15) is 0 Å². The third kappa shape index (κ3) is 2.00. The van der Waals surface area contributed by atoms with Crippen LogP contribution in [0.1, 0.15) is 15.9 Å². The van der Waals surface area contributed by atoms with Crippen molar-refractivity contribution in [2.24, 2.45) is 0 Å². The Balaban J connectivity index is 2.14. The van der Waals surface area contributed by atoms with Crippen LogP contribution < -0.4 is 0 Å². The third-order valence-corrected chi connectivity index (χ3v) is 3.35. The van der Waals surface area contributed by atoms with Crippen molar-refractivity contribution in [2.45, 2.75) is 0 Å². The molecule has 1 heterocycles. The standard InChI is InChI=1S/C16H11NO2S/c1-2-11-7-9-12(10-8-11)15(18)17-13-5-3-4-6-14(13)19-16(17)20/h2-10H,1H2. The van der Waals surface area contributed by atoms with Crippen molar-refractivity contribution in [1.82, 2.24) is 4.57 Å². The van der Waals surface area contributed by atoms with Gasteiger partial charge in [0.15, 0.2) is 5.58 Å². The van der Waals surface area contributed by atoms with Gasteiger partial charge in [0.05, 0.1) is 5.52 Å². The number of nitrogens with zero attached hydrogens (tertiary/aromatic N) is 1. The minimum absolute atomic E-state index is 0.156. The number of carbonyl (C=O) groups is 1. The highest BCUT2D eigenvalue weighted by molar-refractivity contribution is 7.71. The molecule has 20 heavy (non-hydrogen) atoms. The summed E-state index contributed by atoms with van der Waals surface area (Å²) >= 11 is 5.14. The highest BCUT2D eigenvalue weighted by atomic mass is 32.1. The Morgan fingerprint density at radius 2 is 1.85 bits per heavy atom. The molecule has 0 aliphatic heterocycles. The fraction of sp³-hybridized carbons (Fsp3) is 0. The number of fused-ring (bicyclic) bond motifs is 1. The molecule has 0 amide bonds. The highest BCUT2D eigenvalue weighted by Crippen LogP contribution is 2.19. The number of rotatable bonds is 2. The van der Waals surface area contributed by atoms with Gasteiger partial charge in [0.1, 0.15) is 0 Å². The number of hydrogen-bond acceptors (Lipinski definition) is 3. The number of benzene rings is 2. The molecule has 0 spiro atoms.